The van der Waals surface area contributed by atoms with E-state index in [2.05, 4.69) is 6.07 Å². The second-order valence-electron chi connectivity index (χ2n) is 2.77. The molecule has 0 aliphatic carbocycles. The molecule has 2 heteroatoms. The minimum atomic E-state index is -0.228. The van der Waals surface area contributed by atoms with E-state index in [9.17, 15) is 4.39 Å². The molecule has 0 fully saturated rings. The topological polar surface area (TPSA) is 0 Å². The standard InChI is InChI=1S/C12H8F.Mn/c13-12-9-5-4-8-11(12)10-6-2-1-3-7-10;/h1-4,6-9H;/q-1;. The van der Waals surface area contributed by atoms with Crippen molar-refractivity contribution >= 4 is 0 Å². The maximum absolute atomic E-state index is 13.2. The van der Waals surface area contributed by atoms with Crippen LogP contribution in [0.3, 0.4) is 0 Å². The van der Waals surface area contributed by atoms with Crippen molar-refractivity contribution in [2.75, 3.05) is 0 Å². The Hall–Kier alpha value is -1.11. The summed E-state index contributed by atoms with van der Waals surface area (Å²) in [6.45, 7) is 0. The third-order valence-corrected chi connectivity index (χ3v) is 1.90. The van der Waals surface area contributed by atoms with Gasteiger partial charge in [-0.2, -0.15) is 18.2 Å². The van der Waals surface area contributed by atoms with E-state index in [1.807, 2.05) is 30.3 Å². The van der Waals surface area contributed by atoms with Gasteiger partial charge in [-0.25, -0.2) is 0 Å². The molecule has 0 aliphatic rings. The number of rotatable bonds is 1. The van der Waals surface area contributed by atoms with Crippen LogP contribution in [0.5, 0.6) is 0 Å². The summed E-state index contributed by atoms with van der Waals surface area (Å²) in [5.74, 6) is -0.228. The monoisotopic (exact) mass is 226 g/mol. The van der Waals surface area contributed by atoms with Crippen LogP contribution in [0.15, 0.2) is 48.5 Å². The molecule has 0 spiro atoms. The minimum absolute atomic E-state index is 0. The van der Waals surface area contributed by atoms with E-state index >= 15 is 0 Å². The summed E-state index contributed by atoms with van der Waals surface area (Å²) in [5.41, 5.74) is 1.52. The van der Waals surface area contributed by atoms with Gasteiger partial charge in [0, 0.05) is 22.9 Å². The van der Waals surface area contributed by atoms with Gasteiger partial charge in [0.2, 0.25) is 0 Å². The third kappa shape index (κ3) is 2.22. The van der Waals surface area contributed by atoms with E-state index in [1.165, 1.54) is 6.07 Å². The predicted octanol–water partition coefficient (Wildman–Crippen LogP) is 3.29. The fourth-order valence-corrected chi connectivity index (χ4v) is 1.26. The fraction of sp³-hybridized carbons (Fsp3) is 0. The summed E-state index contributed by atoms with van der Waals surface area (Å²) >= 11 is 0. The van der Waals surface area contributed by atoms with E-state index in [1.54, 1.807) is 12.1 Å². The van der Waals surface area contributed by atoms with Crippen LogP contribution >= 0.6 is 0 Å². The molecule has 71 valence electrons. The zero-order chi connectivity index (χ0) is 9.10. The van der Waals surface area contributed by atoms with E-state index in [0.29, 0.717) is 5.56 Å². The third-order valence-electron chi connectivity index (χ3n) is 1.90. The summed E-state index contributed by atoms with van der Waals surface area (Å²) in [6.07, 6.45) is 0. The normalized spacial score (nSPS) is 9.21. The molecule has 0 nitrogen and oxygen atoms in total. The smallest absolute Gasteiger partial charge is 0.0163 e. The van der Waals surface area contributed by atoms with E-state index < -0.39 is 0 Å². The van der Waals surface area contributed by atoms with Gasteiger partial charge in [-0.3, -0.25) is 4.39 Å². The van der Waals surface area contributed by atoms with Crippen LogP contribution < -0.4 is 0 Å². The predicted molar refractivity (Wildman–Crippen MR) is 50.7 cm³/mol. The average molecular weight is 226 g/mol. The van der Waals surface area contributed by atoms with Crippen LogP contribution in [0.4, 0.5) is 4.39 Å². The molecular weight excluding hydrogens is 218 g/mol. The first-order valence-electron chi connectivity index (χ1n) is 4.09. The summed E-state index contributed by atoms with van der Waals surface area (Å²) in [7, 11) is 0. The summed E-state index contributed by atoms with van der Waals surface area (Å²) in [4.78, 5) is 0. The number of hydrogen-bond donors (Lipinski definition) is 0. The van der Waals surface area contributed by atoms with Gasteiger partial charge < -0.3 is 0 Å². The maximum Gasteiger partial charge on any atom is 0.0163 e. The molecule has 0 unspecified atom stereocenters. The maximum atomic E-state index is 13.2. The largest absolute Gasteiger partial charge is 0.284 e. The van der Waals surface area contributed by atoms with Gasteiger partial charge in [0.1, 0.15) is 0 Å². The van der Waals surface area contributed by atoms with Crippen molar-refractivity contribution in [3.8, 4) is 11.1 Å². The van der Waals surface area contributed by atoms with Gasteiger partial charge in [0.05, 0.1) is 0 Å². The fourth-order valence-electron chi connectivity index (χ4n) is 1.26. The zero-order valence-corrected chi connectivity index (χ0v) is 8.56. The van der Waals surface area contributed by atoms with Crippen LogP contribution in [0.1, 0.15) is 0 Å². The Bertz CT molecular complexity index is 398. The molecule has 0 saturated carbocycles. The second-order valence-corrected chi connectivity index (χ2v) is 2.77. The Morgan fingerprint density at radius 1 is 1.00 bits per heavy atom. The second kappa shape index (κ2) is 4.94. The molecule has 2 aromatic rings. The summed E-state index contributed by atoms with van der Waals surface area (Å²) < 4.78 is 13.2. The number of benzene rings is 2. The number of hydrogen-bond acceptors (Lipinski definition) is 0. The molecule has 0 N–H and O–H groups in total. The average Bonchev–Trinajstić information content (AvgIpc) is 2.20. The van der Waals surface area contributed by atoms with Crippen LogP contribution in [0, 0.1) is 11.9 Å². The van der Waals surface area contributed by atoms with E-state index in [0.717, 1.165) is 5.56 Å². The van der Waals surface area contributed by atoms with Gasteiger partial charge in [0.15, 0.2) is 0 Å². The molecule has 0 saturated heterocycles. The van der Waals surface area contributed by atoms with Crippen molar-refractivity contribution in [3.05, 3.63) is 60.4 Å². The first-order chi connectivity index (χ1) is 6.38. The van der Waals surface area contributed by atoms with Gasteiger partial charge in [-0.15, -0.1) is 6.07 Å². The molecule has 2 rings (SSSR count). The molecule has 14 heavy (non-hydrogen) atoms. The Morgan fingerprint density at radius 3 is 2.36 bits per heavy atom. The first-order valence-corrected chi connectivity index (χ1v) is 4.09. The van der Waals surface area contributed by atoms with Gasteiger partial charge in [0.25, 0.3) is 0 Å². The van der Waals surface area contributed by atoms with Crippen molar-refractivity contribution in [2.45, 2.75) is 0 Å². The van der Waals surface area contributed by atoms with Crippen LogP contribution in [0.25, 0.3) is 11.1 Å². The molecule has 0 aliphatic heterocycles. The summed E-state index contributed by atoms with van der Waals surface area (Å²) in [6, 6.07) is 17.0. The molecule has 0 amide bonds. The Kier molecular flexibility index (Phi) is 3.87. The molecule has 0 bridgehead atoms. The molecule has 0 heterocycles. The van der Waals surface area contributed by atoms with Crippen molar-refractivity contribution < 1.29 is 21.5 Å². The van der Waals surface area contributed by atoms with E-state index in [4.69, 9.17) is 0 Å². The van der Waals surface area contributed by atoms with Gasteiger partial charge in [-0.1, -0.05) is 35.9 Å². The molecule has 1 radical (unpaired) electrons. The van der Waals surface area contributed by atoms with Gasteiger partial charge in [-0.05, 0) is 5.56 Å². The van der Waals surface area contributed by atoms with Crippen LogP contribution in [-0.2, 0) is 17.1 Å². The molecular formula is C12H8FMn-. The SMILES string of the molecule is Fc1c[c-]ccc1-c1ccccc1.[Mn]. The Labute approximate surface area is 93.2 Å². The van der Waals surface area contributed by atoms with Crippen LogP contribution in [0.2, 0.25) is 0 Å². The first kappa shape index (κ1) is 11.0. The molecule has 2 aromatic carbocycles. The zero-order valence-electron chi connectivity index (χ0n) is 7.37. The van der Waals surface area contributed by atoms with E-state index in [-0.39, 0.29) is 22.9 Å². The van der Waals surface area contributed by atoms with Gasteiger partial charge >= 0.3 is 0 Å². The molecule has 0 aromatic heterocycles. The van der Waals surface area contributed by atoms with Crippen LogP contribution in [-0.4, -0.2) is 0 Å². The quantitative estimate of drug-likeness (QED) is 0.517. The Morgan fingerprint density at radius 2 is 1.71 bits per heavy atom. The molecule has 0 atom stereocenters. The van der Waals surface area contributed by atoms with Crippen molar-refractivity contribution in [1.29, 1.82) is 0 Å². The minimum Gasteiger partial charge on any atom is -0.284 e. The Balaban J connectivity index is 0.000000980. The van der Waals surface area contributed by atoms with Crippen molar-refractivity contribution in [2.24, 2.45) is 0 Å². The van der Waals surface area contributed by atoms with Crippen molar-refractivity contribution in [3.63, 3.8) is 0 Å². The van der Waals surface area contributed by atoms with Crippen molar-refractivity contribution in [1.82, 2.24) is 0 Å². The summed E-state index contributed by atoms with van der Waals surface area (Å²) in [5, 5.41) is 0. The number of halogens is 1.